The van der Waals surface area contributed by atoms with E-state index in [1.165, 1.54) is 12.1 Å². The van der Waals surface area contributed by atoms with Crippen molar-refractivity contribution in [2.75, 3.05) is 12.4 Å². The first-order valence-corrected chi connectivity index (χ1v) is 13.5. The maximum atomic E-state index is 14.2. The number of aromatic nitrogens is 3. The molecule has 1 amide bonds. The monoisotopic (exact) mass is 575 g/mol. The average molecular weight is 576 g/mol. The number of halogens is 2. The number of fused-ring (bicyclic) bond motifs is 1. The Balaban J connectivity index is 1.96. The first-order valence-electron chi connectivity index (χ1n) is 13.5. The van der Waals surface area contributed by atoms with Crippen LogP contribution in [-0.2, 0) is 18.2 Å². The lowest BCUT2D eigenvalue weighted by molar-refractivity contribution is 0.0891. The van der Waals surface area contributed by atoms with Crippen molar-refractivity contribution in [1.29, 1.82) is 0 Å². The Bertz CT molecular complexity index is 1670. The Labute approximate surface area is 244 Å². The van der Waals surface area contributed by atoms with Gasteiger partial charge in [-0.05, 0) is 76.4 Å². The van der Waals surface area contributed by atoms with Gasteiger partial charge in [-0.1, -0.05) is 18.1 Å². The highest BCUT2D eigenvalue weighted by Gasteiger charge is 2.27. The molecule has 0 fully saturated rings. The minimum atomic E-state index is -1.27. The molecular formula is C32H35F2N5O3. The molecule has 42 heavy (non-hydrogen) atoms. The Kier molecular flexibility index (Phi) is 8.55. The number of pyridine rings is 1. The van der Waals surface area contributed by atoms with E-state index in [2.05, 4.69) is 27.6 Å². The Morgan fingerprint density at radius 3 is 2.38 bits per heavy atom. The molecule has 3 N–H and O–H groups in total. The van der Waals surface area contributed by atoms with Gasteiger partial charge in [0.05, 0.1) is 11.2 Å². The highest BCUT2D eigenvalue weighted by Crippen LogP contribution is 2.37. The number of aliphatic hydroxyl groups is 1. The van der Waals surface area contributed by atoms with Gasteiger partial charge in [-0.25, -0.2) is 18.6 Å². The van der Waals surface area contributed by atoms with Gasteiger partial charge in [-0.2, -0.15) is 5.10 Å². The van der Waals surface area contributed by atoms with Crippen LogP contribution in [-0.4, -0.2) is 44.2 Å². The molecule has 0 spiro atoms. The van der Waals surface area contributed by atoms with Crippen LogP contribution in [0.4, 0.5) is 19.4 Å². The number of benzene rings is 2. The number of hydrogen-bond donors (Lipinski definition) is 3. The van der Waals surface area contributed by atoms with Crippen molar-refractivity contribution in [3.63, 3.8) is 0 Å². The van der Waals surface area contributed by atoms with Gasteiger partial charge in [0.2, 0.25) is 0 Å². The zero-order valence-corrected chi connectivity index (χ0v) is 24.8. The summed E-state index contributed by atoms with van der Waals surface area (Å²) < 4.78 is 36.1. The topological polar surface area (TPSA) is 101 Å². The number of alkyl carbamates (subject to hydrolysis) is 1. The zero-order chi connectivity index (χ0) is 30.8. The molecule has 0 aliphatic rings. The van der Waals surface area contributed by atoms with E-state index >= 15 is 0 Å². The second-order valence-electron chi connectivity index (χ2n) is 11.6. The molecular weight excluding hydrogens is 540 g/mol. The summed E-state index contributed by atoms with van der Waals surface area (Å²) in [6.45, 7) is 8.54. The van der Waals surface area contributed by atoms with Gasteiger partial charge in [0.15, 0.2) is 11.9 Å². The van der Waals surface area contributed by atoms with E-state index in [0.717, 1.165) is 22.5 Å². The number of ether oxygens (including phenoxy) is 1. The largest absolute Gasteiger partial charge is 0.439 e. The molecule has 0 unspecified atom stereocenters. The Morgan fingerprint density at radius 1 is 1.07 bits per heavy atom. The summed E-state index contributed by atoms with van der Waals surface area (Å²) in [5.41, 5.74) is 1.21. The van der Waals surface area contributed by atoms with Gasteiger partial charge >= 0.3 is 6.09 Å². The molecule has 10 heteroatoms. The van der Waals surface area contributed by atoms with Crippen molar-refractivity contribution in [2.45, 2.75) is 58.3 Å². The maximum Gasteiger partial charge on any atom is 0.408 e. The molecule has 2 heterocycles. The first-order chi connectivity index (χ1) is 19.6. The molecule has 2 aromatic heterocycles. The van der Waals surface area contributed by atoms with Gasteiger partial charge in [0.25, 0.3) is 0 Å². The summed E-state index contributed by atoms with van der Waals surface area (Å²) in [6, 6.07) is 12.4. The summed E-state index contributed by atoms with van der Waals surface area (Å²) in [4.78, 5) is 17.9. The van der Waals surface area contributed by atoms with Crippen molar-refractivity contribution in [1.82, 2.24) is 20.1 Å². The number of aryl methyl sites for hydroxylation is 1. The molecule has 2 aromatic carbocycles. The molecule has 0 radical (unpaired) electrons. The van der Waals surface area contributed by atoms with E-state index in [1.807, 2.05) is 52.1 Å². The van der Waals surface area contributed by atoms with Gasteiger partial charge in [0, 0.05) is 48.6 Å². The number of nitrogens with zero attached hydrogens (tertiary/aromatic N) is 3. The summed E-state index contributed by atoms with van der Waals surface area (Å²) >= 11 is 0. The third kappa shape index (κ3) is 7.42. The predicted octanol–water partition coefficient (Wildman–Crippen LogP) is 5.89. The number of amides is 1. The van der Waals surface area contributed by atoms with E-state index in [0.29, 0.717) is 22.8 Å². The normalized spacial score (nSPS) is 12.4. The summed E-state index contributed by atoms with van der Waals surface area (Å²) in [7, 11) is 3.61. The Morgan fingerprint density at radius 2 is 1.76 bits per heavy atom. The molecule has 4 aromatic rings. The maximum absolute atomic E-state index is 14.2. The van der Waals surface area contributed by atoms with Crippen LogP contribution in [0.5, 0.6) is 0 Å². The molecule has 0 saturated heterocycles. The van der Waals surface area contributed by atoms with Crippen LogP contribution in [0, 0.1) is 23.5 Å². The summed E-state index contributed by atoms with van der Waals surface area (Å²) in [6.07, 6.45) is -1.86. The van der Waals surface area contributed by atoms with Crippen LogP contribution in [0.3, 0.4) is 0 Å². The minimum Gasteiger partial charge on any atom is -0.439 e. The molecule has 0 aliphatic carbocycles. The standard InChI is InChI=1S/C32H35F2N5O3/c1-31(2,3)37-30(40)42-26(17-19-15-20(33)18-21(34)16-19)27-23(12-11-22(36-27)13-14-32(4,5)41)24-9-8-10-25-28(24)39(7)38-29(25)35-6/h8-12,15-16,18,26,41H,17H2,1-7H3,(H,35,38)(H,37,40)/t26-/m0/s1. The number of rotatable bonds is 6. The van der Waals surface area contributed by atoms with Crippen molar-refractivity contribution < 1.29 is 23.4 Å². The smallest absolute Gasteiger partial charge is 0.408 e. The molecule has 1 atom stereocenters. The Hall–Kier alpha value is -4.49. The number of carbonyl (C=O) groups excluding carboxylic acids is 1. The fraction of sp³-hybridized carbons (Fsp3) is 0.344. The fourth-order valence-electron chi connectivity index (χ4n) is 4.58. The second-order valence-corrected chi connectivity index (χ2v) is 11.6. The van der Waals surface area contributed by atoms with E-state index in [-0.39, 0.29) is 12.0 Å². The number of para-hydroxylation sites is 1. The molecule has 8 nitrogen and oxygen atoms in total. The quantitative estimate of drug-likeness (QED) is 0.248. The van der Waals surface area contributed by atoms with Crippen LogP contribution >= 0.6 is 0 Å². The van der Waals surface area contributed by atoms with E-state index in [1.54, 1.807) is 31.6 Å². The minimum absolute atomic E-state index is 0.0717. The predicted molar refractivity (Wildman–Crippen MR) is 159 cm³/mol. The number of nitrogens with one attached hydrogen (secondary N) is 2. The lowest BCUT2D eigenvalue weighted by atomic mass is 9.95. The fourth-order valence-corrected chi connectivity index (χ4v) is 4.58. The lowest BCUT2D eigenvalue weighted by Gasteiger charge is -2.25. The first kappa shape index (κ1) is 30.5. The van der Waals surface area contributed by atoms with Crippen molar-refractivity contribution >= 4 is 22.8 Å². The lowest BCUT2D eigenvalue weighted by Crippen LogP contribution is -2.41. The third-order valence-electron chi connectivity index (χ3n) is 6.19. The molecule has 0 aliphatic heterocycles. The van der Waals surface area contributed by atoms with Crippen molar-refractivity contribution in [2.24, 2.45) is 7.05 Å². The van der Waals surface area contributed by atoms with Gasteiger partial charge in [-0.3, -0.25) is 4.68 Å². The van der Waals surface area contributed by atoms with Crippen LogP contribution in [0.1, 0.15) is 57.7 Å². The molecule has 4 rings (SSSR count). The molecule has 0 bridgehead atoms. The van der Waals surface area contributed by atoms with Crippen LogP contribution < -0.4 is 10.6 Å². The van der Waals surface area contributed by atoms with E-state index < -0.39 is 35.0 Å². The SMILES string of the molecule is CNc1nn(C)c2c(-c3ccc(C#CC(C)(C)O)nc3[C@H](Cc3cc(F)cc(F)c3)OC(=O)NC(C)(C)C)cccc12. The average Bonchev–Trinajstić information content (AvgIpc) is 3.20. The van der Waals surface area contributed by atoms with Crippen LogP contribution in [0.2, 0.25) is 0 Å². The van der Waals surface area contributed by atoms with Crippen LogP contribution in [0.15, 0.2) is 48.5 Å². The third-order valence-corrected chi connectivity index (χ3v) is 6.19. The highest BCUT2D eigenvalue weighted by molar-refractivity contribution is 6.00. The number of carbonyl (C=O) groups is 1. The number of anilines is 1. The van der Waals surface area contributed by atoms with Gasteiger partial charge in [-0.15, -0.1) is 0 Å². The molecule has 0 saturated carbocycles. The van der Waals surface area contributed by atoms with E-state index in [4.69, 9.17) is 9.72 Å². The van der Waals surface area contributed by atoms with Gasteiger partial charge in [0.1, 0.15) is 22.9 Å². The summed E-state index contributed by atoms with van der Waals surface area (Å²) in [5, 5.41) is 21.5. The number of hydrogen-bond acceptors (Lipinski definition) is 6. The van der Waals surface area contributed by atoms with Crippen LogP contribution in [0.25, 0.3) is 22.0 Å². The second kappa shape index (κ2) is 11.8. The van der Waals surface area contributed by atoms with Crippen molar-refractivity contribution in [3.8, 4) is 23.0 Å². The van der Waals surface area contributed by atoms with Gasteiger partial charge < -0.3 is 20.5 Å². The zero-order valence-electron chi connectivity index (χ0n) is 24.8. The van der Waals surface area contributed by atoms with E-state index in [9.17, 15) is 18.7 Å². The highest BCUT2D eigenvalue weighted by atomic mass is 19.1. The van der Waals surface area contributed by atoms with Crippen molar-refractivity contribution in [3.05, 3.63) is 77.1 Å². The molecule has 220 valence electrons. The summed E-state index contributed by atoms with van der Waals surface area (Å²) in [5.74, 6) is 4.81.